The summed E-state index contributed by atoms with van der Waals surface area (Å²) in [5.74, 6) is 15.6. The van der Waals surface area contributed by atoms with E-state index in [4.69, 9.17) is 15.7 Å². The van der Waals surface area contributed by atoms with Crippen LogP contribution < -0.4 is 10.6 Å². The molecule has 0 aromatic heterocycles. The number of hydrogen-bond donors (Lipinski definition) is 2. The van der Waals surface area contributed by atoms with E-state index in [2.05, 4.69) is 56.8 Å². The summed E-state index contributed by atoms with van der Waals surface area (Å²) >= 11 is 0. The van der Waals surface area contributed by atoms with E-state index in [0.29, 0.717) is 11.3 Å². The predicted octanol–water partition coefficient (Wildman–Crippen LogP) is 5.44. The van der Waals surface area contributed by atoms with Crippen LogP contribution in [0.1, 0.15) is 36.5 Å². The highest BCUT2D eigenvalue weighted by Crippen LogP contribution is 2.44. The lowest BCUT2D eigenvalue weighted by Crippen LogP contribution is -2.48. The molecular formula is C37H30N2O7P+. The number of terminal acetylenes is 1. The van der Waals surface area contributed by atoms with Crippen LogP contribution in [0, 0.1) is 53.8 Å². The second kappa shape index (κ2) is 17.0. The molecule has 0 heterocycles. The van der Waals surface area contributed by atoms with E-state index >= 15 is 0 Å². The number of rotatable bonds is 11. The van der Waals surface area contributed by atoms with Crippen molar-refractivity contribution in [1.29, 1.82) is 0 Å². The highest BCUT2D eigenvalue weighted by molar-refractivity contribution is 7.39. The molecule has 0 bridgehead atoms. The molecule has 0 radical (unpaired) electrons. The monoisotopic (exact) mass is 645 g/mol. The number of alkyl carbamates (subject to hydrolysis) is 1. The first kappa shape index (κ1) is 34.1. The second-order valence-electron chi connectivity index (χ2n) is 10.3. The van der Waals surface area contributed by atoms with Crippen LogP contribution >= 0.6 is 8.03 Å². The van der Waals surface area contributed by atoms with Gasteiger partial charge in [-0.05, 0) is 86.6 Å². The average molecular weight is 646 g/mol. The Labute approximate surface area is 274 Å². The first-order valence-corrected chi connectivity index (χ1v) is 15.8. The summed E-state index contributed by atoms with van der Waals surface area (Å²) in [7, 11) is -2.32. The van der Waals surface area contributed by atoms with Crippen molar-refractivity contribution in [1.82, 2.24) is 5.32 Å². The largest absolute Gasteiger partial charge is 0.511 e. The van der Waals surface area contributed by atoms with Gasteiger partial charge in [-0.3, -0.25) is 9.59 Å². The number of fused-ring (bicyclic) bond motifs is 3. The minimum Gasteiger partial charge on any atom is -0.449 e. The first-order valence-electron chi connectivity index (χ1n) is 14.5. The summed E-state index contributed by atoms with van der Waals surface area (Å²) in [6.07, 6.45) is 4.11. The normalized spacial score (nSPS) is 12.3. The van der Waals surface area contributed by atoms with Crippen molar-refractivity contribution in [3.8, 4) is 59.0 Å². The van der Waals surface area contributed by atoms with E-state index < -0.39 is 44.8 Å². The van der Waals surface area contributed by atoms with E-state index in [0.717, 1.165) is 22.3 Å². The lowest BCUT2D eigenvalue weighted by molar-refractivity contribution is -0.147. The van der Waals surface area contributed by atoms with Crippen molar-refractivity contribution in [2.45, 2.75) is 25.8 Å². The maximum Gasteiger partial charge on any atom is 0.511 e. The summed E-state index contributed by atoms with van der Waals surface area (Å²) < 4.78 is 28.0. The Kier molecular flexibility index (Phi) is 12.3. The summed E-state index contributed by atoms with van der Waals surface area (Å²) in [6.45, 7) is 2.39. The van der Waals surface area contributed by atoms with Gasteiger partial charge in [-0.1, -0.05) is 61.4 Å². The Hall–Kier alpha value is -5.83. The van der Waals surface area contributed by atoms with Gasteiger partial charge in [0.05, 0.1) is 0 Å². The molecule has 0 saturated heterocycles. The standard InChI is InChI=1S/C37H29N2O7P/c1-4-5-6-7-8-9-14-28-19-21-29(22-20-28)38-36(41)35(26(2)24-47(43)46-25-45-27(3)40)39-37(42)44-23-34-32-17-12-10-15-30(32)31-16-11-13-18-33(31)34/h1,10-13,15-22,26,34-35H,23-25H2,2-3H3,(H-,38,39,41,42)/p+1/t26?,35-/m1/s1. The maximum absolute atomic E-state index is 13.5. The molecule has 10 heteroatoms. The fourth-order valence-electron chi connectivity index (χ4n) is 4.88. The van der Waals surface area contributed by atoms with Crippen molar-refractivity contribution in [3.05, 3.63) is 89.5 Å². The van der Waals surface area contributed by atoms with Gasteiger partial charge in [-0.25, -0.2) is 4.79 Å². The lowest BCUT2D eigenvalue weighted by Gasteiger charge is -2.22. The fraction of sp³-hybridized carbons (Fsp3) is 0.216. The number of anilines is 1. The molecule has 2 amide bonds. The van der Waals surface area contributed by atoms with Crippen LogP contribution in [-0.2, 0) is 28.2 Å². The highest BCUT2D eigenvalue weighted by atomic mass is 31.1. The maximum atomic E-state index is 13.5. The van der Waals surface area contributed by atoms with Gasteiger partial charge >= 0.3 is 20.1 Å². The van der Waals surface area contributed by atoms with Crippen molar-refractivity contribution in [2.24, 2.45) is 5.92 Å². The fourth-order valence-corrected chi connectivity index (χ4v) is 5.84. The molecule has 3 atom stereocenters. The molecule has 2 unspecified atom stereocenters. The number of hydrogen-bond acceptors (Lipinski definition) is 7. The summed E-state index contributed by atoms with van der Waals surface area (Å²) in [6, 6.07) is 21.4. The van der Waals surface area contributed by atoms with E-state index in [9.17, 15) is 18.9 Å². The third kappa shape index (κ3) is 9.83. The number of carbonyl (C=O) groups is 3. The van der Waals surface area contributed by atoms with Crippen molar-refractivity contribution in [3.63, 3.8) is 0 Å². The Balaban J connectivity index is 1.44. The van der Waals surface area contributed by atoms with Gasteiger partial charge in [0.2, 0.25) is 12.7 Å². The smallest absolute Gasteiger partial charge is 0.449 e. The molecule has 1 aliphatic rings. The topological polar surface area (TPSA) is 120 Å². The molecule has 3 aromatic rings. The number of nitrogens with one attached hydrogen (secondary N) is 2. The van der Waals surface area contributed by atoms with Crippen LogP contribution in [-0.4, -0.2) is 43.6 Å². The van der Waals surface area contributed by atoms with Crippen LogP contribution in [0.15, 0.2) is 72.8 Å². The van der Waals surface area contributed by atoms with Crippen LogP contribution in [0.3, 0.4) is 0 Å². The zero-order chi connectivity index (χ0) is 33.6. The zero-order valence-electron chi connectivity index (χ0n) is 25.7. The van der Waals surface area contributed by atoms with E-state index in [1.54, 1.807) is 31.2 Å². The molecule has 0 fully saturated rings. The number of esters is 1. The Bertz CT molecular complexity index is 1850. The number of ether oxygens (including phenoxy) is 2. The van der Waals surface area contributed by atoms with E-state index in [-0.39, 0.29) is 18.7 Å². The molecule has 9 nitrogen and oxygen atoms in total. The number of amides is 2. The molecule has 1 aliphatic carbocycles. The predicted molar refractivity (Wildman–Crippen MR) is 178 cm³/mol. The molecule has 0 aliphatic heterocycles. The third-order valence-corrected chi connectivity index (χ3v) is 8.31. The highest BCUT2D eigenvalue weighted by Gasteiger charge is 2.35. The van der Waals surface area contributed by atoms with Crippen LogP contribution in [0.5, 0.6) is 0 Å². The van der Waals surface area contributed by atoms with Gasteiger partial charge in [0.15, 0.2) is 6.16 Å². The molecule has 2 N–H and O–H groups in total. The van der Waals surface area contributed by atoms with Crippen LogP contribution in [0.2, 0.25) is 0 Å². The van der Waals surface area contributed by atoms with Crippen molar-refractivity contribution in [2.75, 3.05) is 24.9 Å². The van der Waals surface area contributed by atoms with Gasteiger partial charge in [0, 0.05) is 30.0 Å². The second-order valence-corrected chi connectivity index (χ2v) is 11.6. The van der Waals surface area contributed by atoms with Gasteiger partial charge in [-0.15, -0.1) is 10.9 Å². The Morgan fingerprint density at radius 2 is 1.49 bits per heavy atom. The molecule has 47 heavy (non-hydrogen) atoms. The van der Waals surface area contributed by atoms with Gasteiger partial charge in [0.1, 0.15) is 12.6 Å². The van der Waals surface area contributed by atoms with Gasteiger partial charge < -0.3 is 20.1 Å². The van der Waals surface area contributed by atoms with Gasteiger partial charge in [-0.2, -0.15) is 0 Å². The molecule has 0 spiro atoms. The van der Waals surface area contributed by atoms with Gasteiger partial charge in [0.25, 0.3) is 0 Å². The first-order chi connectivity index (χ1) is 22.8. The van der Waals surface area contributed by atoms with Crippen LogP contribution in [0.25, 0.3) is 11.1 Å². The van der Waals surface area contributed by atoms with Crippen LogP contribution in [0.4, 0.5) is 10.5 Å². The molecule has 0 saturated carbocycles. The lowest BCUT2D eigenvalue weighted by atomic mass is 9.98. The number of benzene rings is 3. The number of carbonyl (C=O) groups excluding carboxylic acids is 3. The third-order valence-electron chi connectivity index (χ3n) is 7.05. The minimum atomic E-state index is -2.32. The Morgan fingerprint density at radius 1 is 0.872 bits per heavy atom. The van der Waals surface area contributed by atoms with Crippen molar-refractivity contribution < 1.29 is 32.9 Å². The zero-order valence-corrected chi connectivity index (χ0v) is 26.6. The summed E-state index contributed by atoms with van der Waals surface area (Å²) in [5.41, 5.74) is 5.34. The summed E-state index contributed by atoms with van der Waals surface area (Å²) in [5, 5.41) is 5.42. The van der Waals surface area contributed by atoms with E-state index in [1.165, 1.54) is 6.92 Å². The van der Waals surface area contributed by atoms with E-state index in [1.807, 2.05) is 48.5 Å². The van der Waals surface area contributed by atoms with Crippen molar-refractivity contribution >= 4 is 31.7 Å². The average Bonchev–Trinajstić information content (AvgIpc) is 3.38. The summed E-state index contributed by atoms with van der Waals surface area (Å²) in [4.78, 5) is 37.6. The SMILES string of the molecule is C#CC#CC#CC#Cc1ccc(NC(=O)[C@H](NC(=O)OCC2c3ccccc3-c3ccccc32)C(C)C[P+](=O)OCOC(C)=O)cc1. The molecule has 4 rings (SSSR count). The molecular weight excluding hydrogens is 615 g/mol. The molecule has 3 aromatic carbocycles. The molecule has 234 valence electrons. The Morgan fingerprint density at radius 3 is 2.13 bits per heavy atom. The quantitative estimate of drug-likeness (QED) is 0.123. The minimum absolute atomic E-state index is 0.0473.